The van der Waals surface area contributed by atoms with Gasteiger partial charge in [0, 0.05) is 37.2 Å². The molecule has 0 amide bonds. The second-order valence-corrected chi connectivity index (χ2v) is 5.24. The maximum absolute atomic E-state index is 6.58. The topological polar surface area (TPSA) is 61.0 Å². The van der Waals surface area contributed by atoms with Gasteiger partial charge in [0.15, 0.2) is 0 Å². The van der Waals surface area contributed by atoms with Gasteiger partial charge in [-0.15, -0.1) is 0 Å². The minimum atomic E-state index is -0.164. The van der Waals surface area contributed by atoms with E-state index in [0.717, 1.165) is 31.7 Å². The highest BCUT2D eigenvalue weighted by molar-refractivity contribution is 5.31. The van der Waals surface area contributed by atoms with Crippen molar-refractivity contribution in [2.75, 3.05) is 13.2 Å². The molecular formula is C16H19N3O. The molecule has 0 bridgehead atoms. The third-order valence-corrected chi connectivity index (χ3v) is 4.23. The summed E-state index contributed by atoms with van der Waals surface area (Å²) in [4.78, 5) is 8.55. The Morgan fingerprint density at radius 2 is 1.85 bits per heavy atom. The number of ether oxygens (including phenoxy) is 1. The molecule has 1 aromatic carbocycles. The van der Waals surface area contributed by atoms with Gasteiger partial charge in [-0.2, -0.15) is 0 Å². The largest absolute Gasteiger partial charge is 0.381 e. The Morgan fingerprint density at radius 3 is 2.50 bits per heavy atom. The molecule has 0 spiro atoms. The average molecular weight is 269 g/mol. The average Bonchev–Trinajstić information content (AvgIpc) is 2.56. The van der Waals surface area contributed by atoms with Gasteiger partial charge in [0.2, 0.25) is 0 Å². The zero-order valence-corrected chi connectivity index (χ0v) is 11.4. The fourth-order valence-electron chi connectivity index (χ4n) is 3.04. The van der Waals surface area contributed by atoms with Crippen LogP contribution in [0.15, 0.2) is 48.9 Å². The summed E-state index contributed by atoms with van der Waals surface area (Å²) >= 11 is 0. The summed E-state index contributed by atoms with van der Waals surface area (Å²) in [7, 11) is 0. The van der Waals surface area contributed by atoms with Crippen LogP contribution in [0.5, 0.6) is 0 Å². The lowest BCUT2D eigenvalue weighted by Gasteiger charge is -2.42. The van der Waals surface area contributed by atoms with Gasteiger partial charge in [-0.3, -0.25) is 9.97 Å². The molecule has 1 aliphatic heterocycles. The van der Waals surface area contributed by atoms with Gasteiger partial charge >= 0.3 is 0 Å². The quantitative estimate of drug-likeness (QED) is 0.928. The first-order valence-electron chi connectivity index (χ1n) is 6.98. The molecule has 2 heterocycles. The Bertz CT molecular complexity index is 538. The molecule has 4 heteroatoms. The van der Waals surface area contributed by atoms with Crippen LogP contribution in [-0.2, 0) is 10.2 Å². The van der Waals surface area contributed by atoms with Crippen molar-refractivity contribution in [3.63, 3.8) is 0 Å². The van der Waals surface area contributed by atoms with Crippen molar-refractivity contribution in [2.45, 2.75) is 24.3 Å². The summed E-state index contributed by atoms with van der Waals surface area (Å²) in [5, 5.41) is 0. The first-order valence-corrected chi connectivity index (χ1v) is 6.98. The first-order chi connectivity index (χ1) is 9.83. The van der Waals surface area contributed by atoms with Gasteiger partial charge in [0.05, 0.1) is 11.7 Å². The summed E-state index contributed by atoms with van der Waals surface area (Å²) in [6.45, 7) is 1.48. The SMILES string of the molecule is NC(c1cnccn1)C1(c2ccccc2)CCOCC1. The van der Waals surface area contributed by atoms with Gasteiger partial charge in [-0.25, -0.2) is 0 Å². The van der Waals surface area contributed by atoms with E-state index in [2.05, 4.69) is 34.2 Å². The Hall–Kier alpha value is -1.78. The lowest BCUT2D eigenvalue weighted by atomic mass is 9.68. The van der Waals surface area contributed by atoms with Crippen molar-refractivity contribution >= 4 is 0 Å². The molecule has 0 aliphatic carbocycles. The van der Waals surface area contributed by atoms with Crippen molar-refractivity contribution in [1.29, 1.82) is 0 Å². The summed E-state index contributed by atoms with van der Waals surface area (Å²) in [5.74, 6) is 0. The molecule has 104 valence electrons. The predicted octanol–water partition coefficient (Wildman–Crippen LogP) is 2.22. The summed E-state index contributed by atoms with van der Waals surface area (Å²) in [6.07, 6.45) is 6.97. The minimum absolute atomic E-state index is 0.116. The van der Waals surface area contributed by atoms with E-state index in [1.165, 1.54) is 5.56 Å². The first kappa shape index (κ1) is 13.2. The van der Waals surface area contributed by atoms with Crippen LogP contribution in [0, 0.1) is 0 Å². The van der Waals surface area contributed by atoms with Gasteiger partial charge in [0.1, 0.15) is 0 Å². The standard InChI is InChI=1S/C16H19N3O/c17-15(14-12-18-8-9-19-14)16(6-10-20-11-7-16)13-4-2-1-3-5-13/h1-5,8-9,12,15H,6-7,10-11,17H2. The second-order valence-electron chi connectivity index (χ2n) is 5.24. The van der Waals surface area contributed by atoms with Gasteiger partial charge in [0.25, 0.3) is 0 Å². The molecule has 20 heavy (non-hydrogen) atoms. The maximum Gasteiger partial charge on any atom is 0.0763 e. The molecule has 0 saturated carbocycles. The third-order valence-electron chi connectivity index (χ3n) is 4.23. The second kappa shape index (κ2) is 5.69. The van der Waals surface area contributed by atoms with Crippen LogP contribution in [0.3, 0.4) is 0 Å². The molecule has 1 aromatic heterocycles. The maximum atomic E-state index is 6.58. The van der Waals surface area contributed by atoms with Crippen molar-refractivity contribution in [1.82, 2.24) is 9.97 Å². The molecule has 2 N–H and O–H groups in total. The zero-order valence-electron chi connectivity index (χ0n) is 11.4. The van der Waals surface area contributed by atoms with Crippen molar-refractivity contribution in [3.8, 4) is 0 Å². The van der Waals surface area contributed by atoms with Crippen LogP contribution in [-0.4, -0.2) is 23.2 Å². The van der Waals surface area contributed by atoms with E-state index in [0.29, 0.717) is 0 Å². The number of nitrogens with two attached hydrogens (primary N) is 1. The lowest BCUT2D eigenvalue weighted by Crippen LogP contribution is -2.43. The third kappa shape index (κ3) is 2.32. The molecule has 1 fully saturated rings. The summed E-state index contributed by atoms with van der Waals surface area (Å²) in [5.41, 5.74) is 8.57. The Morgan fingerprint density at radius 1 is 1.10 bits per heavy atom. The van der Waals surface area contributed by atoms with E-state index in [1.54, 1.807) is 18.6 Å². The summed E-state index contributed by atoms with van der Waals surface area (Å²) < 4.78 is 5.54. The number of hydrogen-bond acceptors (Lipinski definition) is 4. The molecule has 0 radical (unpaired) electrons. The van der Waals surface area contributed by atoms with Gasteiger partial charge < -0.3 is 10.5 Å². The molecule has 1 atom stereocenters. The van der Waals surface area contributed by atoms with Crippen LogP contribution < -0.4 is 5.73 Å². The van der Waals surface area contributed by atoms with E-state index < -0.39 is 0 Å². The van der Waals surface area contributed by atoms with E-state index in [4.69, 9.17) is 10.5 Å². The van der Waals surface area contributed by atoms with Crippen LogP contribution in [0.25, 0.3) is 0 Å². The van der Waals surface area contributed by atoms with Crippen LogP contribution in [0.1, 0.15) is 30.1 Å². The molecule has 3 rings (SSSR count). The zero-order chi connectivity index (χ0) is 13.8. The Kier molecular flexibility index (Phi) is 3.76. The monoisotopic (exact) mass is 269 g/mol. The smallest absolute Gasteiger partial charge is 0.0763 e. The van der Waals surface area contributed by atoms with Crippen LogP contribution in [0.2, 0.25) is 0 Å². The fourth-order valence-corrected chi connectivity index (χ4v) is 3.04. The normalized spacial score (nSPS) is 19.4. The predicted molar refractivity (Wildman–Crippen MR) is 77.1 cm³/mol. The molecular weight excluding hydrogens is 250 g/mol. The fraction of sp³-hybridized carbons (Fsp3) is 0.375. The lowest BCUT2D eigenvalue weighted by molar-refractivity contribution is 0.0392. The Balaban J connectivity index is 2.02. The number of aromatic nitrogens is 2. The highest BCUT2D eigenvalue weighted by Gasteiger charge is 2.41. The molecule has 1 aliphatic rings. The number of benzene rings is 1. The van der Waals surface area contributed by atoms with E-state index in [1.807, 2.05) is 6.07 Å². The van der Waals surface area contributed by atoms with Crippen molar-refractivity contribution < 1.29 is 4.74 Å². The van der Waals surface area contributed by atoms with Gasteiger partial charge in [-0.05, 0) is 18.4 Å². The van der Waals surface area contributed by atoms with Gasteiger partial charge in [-0.1, -0.05) is 30.3 Å². The van der Waals surface area contributed by atoms with E-state index in [9.17, 15) is 0 Å². The van der Waals surface area contributed by atoms with E-state index in [-0.39, 0.29) is 11.5 Å². The van der Waals surface area contributed by atoms with Crippen LogP contribution >= 0.6 is 0 Å². The molecule has 1 saturated heterocycles. The number of rotatable bonds is 3. The van der Waals surface area contributed by atoms with Crippen molar-refractivity contribution in [3.05, 3.63) is 60.2 Å². The van der Waals surface area contributed by atoms with E-state index >= 15 is 0 Å². The highest BCUT2D eigenvalue weighted by Crippen LogP contribution is 2.43. The summed E-state index contributed by atoms with van der Waals surface area (Å²) in [6, 6.07) is 10.3. The minimum Gasteiger partial charge on any atom is -0.381 e. The molecule has 2 aromatic rings. The highest BCUT2D eigenvalue weighted by atomic mass is 16.5. The van der Waals surface area contributed by atoms with Crippen molar-refractivity contribution in [2.24, 2.45) is 5.73 Å². The van der Waals surface area contributed by atoms with Crippen LogP contribution in [0.4, 0.5) is 0 Å². The Labute approximate surface area is 119 Å². The number of hydrogen-bond donors (Lipinski definition) is 1. The molecule has 4 nitrogen and oxygen atoms in total. The molecule has 1 unspecified atom stereocenters. The number of nitrogens with zero attached hydrogens (tertiary/aromatic N) is 2.